The van der Waals surface area contributed by atoms with Crippen molar-refractivity contribution in [3.05, 3.63) is 176 Å². The van der Waals surface area contributed by atoms with E-state index >= 15 is 0 Å². The number of hydrogen-bond acceptors (Lipinski definition) is 3. The SMILES string of the molecule is C1=CCC=CC(n2c3ccccc3c3ccc(-c4ccc5c(c4)c4ccccc4n5-c4nc(-c5ccccc5)nc(-c5ccccc5)n4)cc32)=C1. The third-order valence-corrected chi connectivity index (χ3v) is 9.79. The topological polar surface area (TPSA) is 48.5 Å². The van der Waals surface area contributed by atoms with Crippen molar-refractivity contribution in [2.24, 2.45) is 0 Å². The Morgan fingerprint density at radius 3 is 1.71 bits per heavy atom. The molecule has 0 unspecified atom stereocenters. The molecule has 0 saturated carbocycles. The largest absolute Gasteiger partial charge is 0.309 e. The van der Waals surface area contributed by atoms with Gasteiger partial charge in [-0.25, -0.2) is 4.98 Å². The molecule has 51 heavy (non-hydrogen) atoms. The van der Waals surface area contributed by atoms with Crippen molar-refractivity contribution in [2.45, 2.75) is 6.42 Å². The van der Waals surface area contributed by atoms with Gasteiger partial charge in [0.05, 0.1) is 22.1 Å². The lowest BCUT2D eigenvalue weighted by molar-refractivity contribution is 0.953. The summed E-state index contributed by atoms with van der Waals surface area (Å²) < 4.78 is 4.56. The van der Waals surface area contributed by atoms with Gasteiger partial charge in [0.15, 0.2) is 11.6 Å². The van der Waals surface area contributed by atoms with E-state index in [0.29, 0.717) is 17.6 Å². The van der Waals surface area contributed by atoms with Crippen LogP contribution in [0.4, 0.5) is 0 Å². The molecule has 0 bridgehead atoms. The lowest BCUT2D eigenvalue weighted by Gasteiger charge is -2.11. The molecule has 9 aromatic rings. The number of allylic oxidation sites excluding steroid dienone is 6. The lowest BCUT2D eigenvalue weighted by Crippen LogP contribution is -2.06. The molecule has 6 aromatic carbocycles. The van der Waals surface area contributed by atoms with Gasteiger partial charge in [-0.2, -0.15) is 9.97 Å². The Morgan fingerprint density at radius 1 is 0.412 bits per heavy atom. The van der Waals surface area contributed by atoms with Crippen LogP contribution in [0.15, 0.2) is 176 Å². The van der Waals surface area contributed by atoms with Gasteiger partial charge in [-0.15, -0.1) is 0 Å². The molecule has 0 saturated heterocycles. The minimum absolute atomic E-state index is 0.589. The summed E-state index contributed by atoms with van der Waals surface area (Å²) in [6, 6.07) is 51.1. The second-order valence-corrected chi connectivity index (χ2v) is 12.8. The fourth-order valence-corrected chi connectivity index (χ4v) is 7.41. The van der Waals surface area contributed by atoms with Gasteiger partial charge >= 0.3 is 0 Å². The van der Waals surface area contributed by atoms with E-state index in [1.54, 1.807) is 0 Å². The van der Waals surface area contributed by atoms with Crippen LogP contribution in [-0.4, -0.2) is 24.1 Å². The molecule has 0 fully saturated rings. The van der Waals surface area contributed by atoms with Crippen LogP contribution in [0.3, 0.4) is 0 Å². The normalized spacial score (nSPS) is 13.0. The summed E-state index contributed by atoms with van der Waals surface area (Å²) >= 11 is 0. The average molecular weight is 654 g/mol. The predicted octanol–water partition coefficient (Wildman–Crippen LogP) is 11.4. The third kappa shape index (κ3) is 4.90. The third-order valence-electron chi connectivity index (χ3n) is 9.79. The fourth-order valence-electron chi connectivity index (χ4n) is 7.41. The van der Waals surface area contributed by atoms with Gasteiger partial charge in [0, 0.05) is 38.4 Å². The summed E-state index contributed by atoms with van der Waals surface area (Å²) in [6.45, 7) is 0. The van der Waals surface area contributed by atoms with Crippen molar-refractivity contribution in [3.8, 4) is 39.9 Å². The molecule has 5 heteroatoms. The number of nitrogens with zero attached hydrogens (tertiary/aromatic N) is 5. The maximum absolute atomic E-state index is 5.09. The second kappa shape index (κ2) is 11.9. The van der Waals surface area contributed by atoms with Crippen LogP contribution in [0.1, 0.15) is 6.42 Å². The van der Waals surface area contributed by atoms with Crippen molar-refractivity contribution < 1.29 is 0 Å². The van der Waals surface area contributed by atoms with Crippen molar-refractivity contribution in [1.82, 2.24) is 24.1 Å². The number of fused-ring (bicyclic) bond motifs is 6. The summed E-state index contributed by atoms with van der Waals surface area (Å²) in [6.07, 6.45) is 11.9. The Morgan fingerprint density at radius 2 is 0.980 bits per heavy atom. The van der Waals surface area contributed by atoms with Gasteiger partial charge in [-0.1, -0.05) is 133 Å². The van der Waals surface area contributed by atoms with Crippen LogP contribution in [0.25, 0.3) is 89.2 Å². The monoisotopic (exact) mass is 653 g/mol. The molecule has 1 aliphatic carbocycles. The van der Waals surface area contributed by atoms with E-state index in [1.807, 2.05) is 60.7 Å². The molecule has 0 radical (unpaired) electrons. The van der Waals surface area contributed by atoms with Gasteiger partial charge < -0.3 is 4.57 Å². The summed E-state index contributed by atoms with van der Waals surface area (Å²) in [5, 5.41) is 4.79. The molecule has 1 aliphatic rings. The highest BCUT2D eigenvalue weighted by atomic mass is 15.2. The zero-order chi connectivity index (χ0) is 33.7. The van der Waals surface area contributed by atoms with Crippen LogP contribution in [-0.2, 0) is 0 Å². The van der Waals surface area contributed by atoms with E-state index in [1.165, 1.54) is 21.8 Å². The standard InChI is InChI=1S/C46H31N5/c1-2-10-20-35(19-9-1)50-40-23-13-11-21-36(40)38-27-25-34(30-43(38)50)33-26-28-42-39(29-33)37-22-12-14-24-41(37)51(42)46-48-44(31-15-5-3-6-16-31)47-45(49-46)32-17-7-4-8-18-32/h1,3-30H,2H2. The summed E-state index contributed by atoms with van der Waals surface area (Å²) in [5.74, 6) is 1.87. The van der Waals surface area contributed by atoms with E-state index in [0.717, 1.165) is 56.2 Å². The minimum atomic E-state index is 0.589. The molecule has 0 aliphatic heterocycles. The van der Waals surface area contributed by atoms with Crippen LogP contribution >= 0.6 is 0 Å². The molecule has 5 nitrogen and oxygen atoms in total. The van der Waals surface area contributed by atoms with Gasteiger partial charge in [0.25, 0.3) is 0 Å². The van der Waals surface area contributed by atoms with Crippen molar-refractivity contribution >= 4 is 49.3 Å². The number of hydrogen-bond donors (Lipinski definition) is 0. The highest BCUT2D eigenvalue weighted by Gasteiger charge is 2.19. The first-order chi connectivity index (χ1) is 25.3. The first-order valence-corrected chi connectivity index (χ1v) is 17.3. The Labute approximate surface area is 294 Å². The summed E-state index contributed by atoms with van der Waals surface area (Å²) in [7, 11) is 0. The minimum Gasteiger partial charge on any atom is -0.309 e. The van der Waals surface area contributed by atoms with E-state index in [4.69, 9.17) is 15.0 Å². The van der Waals surface area contributed by atoms with Crippen LogP contribution < -0.4 is 0 Å². The summed E-state index contributed by atoms with van der Waals surface area (Å²) in [5.41, 5.74) is 9.85. The maximum Gasteiger partial charge on any atom is 0.238 e. The van der Waals surface area contributed by atoms with E-state index in [-0.39, 0.29) is 0 Å². The number of para-hydroxylation sites is 2. The lowest BCUT2D eigenvalue weighted by atomic mass is 10.0. The zero-order valence-corrected chi connectivity index (χ0v) is 27.7. The molecule has 240 valence electrons. The highest BCUT2D eigenvalue weighted by molar-refractivity contribution is 6.13. The summed E-state index contributed by atoms with van der Waals surface area (Å²) in [4.78, 5) is 15.1. The molecule has 10 rings (SSSR count). The van der Waals surface area contributed by atoms with E-state index < -0.39 is 0 Å². The average Bonchev–Trinajstić information content (AvgIpc) is 3.56. The van der Waals surface area contributed by atoms with E-state index in [2.05, 4.69) is 124 Å². The first-order valence-electron chi connectivity index (χ1n) is 17.3. The van der Waals surface area contributed by atoms with Gasteiger partial charge in [0.1, 0.15) is 0 Å². The first kappa shape index (κ1) is 29.1. The van der Waals surface area contributed by atoms with E-state index in [9.17, 15) is 0 Å². The Bertz CT molecular complexity index is 2810. The molecule has 0 amide bonds. The maximum atomic E-state index is 5.09. The Hall–Kier alpha value is -6.85. The number of aromatic nitrogens is 5. The highest BCUT2D eigenvalue weighted by Crippen LogP contribution is 2.38. The number of rotatable bonds is 5. The molecule has 3 aromatic heterocycles. The van der Waals surface area contributed by atoms with Crippen LogP contribution in [0.2, 0.25) is 0 Å². The Kier molecular flexibility index (Phi) is 6.81. The predicted molar refractivity (Wildman–Crippen MR) is 211 cm³/mol. The smallest absolute Gasteiger partial charge is 0.238 e. The van der Waals surface area contributed by atoms with Crippen LogP contribution in [0, 0.1) is 0 Å². The van der Waals surface area contributed by atoms with Gasteiger partial charge in [0.2, 0.25) is 5.95 Å². The number of benzene rings is 6. The van der Waals surface area contributed by atoms with Crippen molar-refractivity contribution in [2.75, 3.05) is 0 Å². The molecule has 0 spiro atoms. The zero-order valence-electron chi connectivity index (χ0n) is 27.7. The fraction of sp³-hybridized carbons (Fsp3) is 0.0217. The van der Waals surface area contributed by atoms with Gasteiger partial charge in [-0.05, 0) is 60.0 Å². The molecular weight excluding hydrogens is 623 g/mol. The quantitative estimate of drug-likeness (QED) is 0.186. The Balaban J connectivity index is 1.18. The molecule has 0 N–H and O–H groups in total. The van der Waals surface area contributed by atoms with Gasteiger partial charge in [-0.3, -0.25) is 4.57 Å². The van der Waals surface area contributed by atoms with Crippen molar-refractivity contribution in [3.63, 3.8) is 0 Å². The molecule has 3 heterocycles. The molecule has 0 atom stereocenters. The van der Waals surface area contributed by atoms with Crippen LogP contribution in [0.5, 0.6) is 0 Å². The molecular formula is C46H31N5. The second-order valence-electron chi connectivity index (χ2n) is 12.8. The van der Waals surface area contributed by atoms with Crippen molar-refractivity contribution in [1.29, 1.82) is 0 Å².